The van der Waals surface area contributed by atoms with E-state index in [1.54, 1.807) is 6.07 Å². The number of benzene rings is 1. The Morgan fingerprint density at radius 3 is 2.71 bits per heavy atom. The molecule has 0 aliphatic rings. The number of carbonyl (C=O) groups is 1. The predicted octanol–water partition coefficient (Wildman–Crippen LogP) is 1.32. The number of hydrogen-bond donors (Lipinski definition) is 3. The van der Waals surface area contributed by atoms with Gasteiger partial charge in [-0.3, -0.25) is 15.0 Å². The summed E-state index contributed by atoms with van der Waals surface area (Å²) >= 11 is 3.16. The Hall–Kier alpha value is -1.56. The predicted molar refractivity (Wildman–Crippen MR) is 53.6 cm³/mol. The largest absolute Gasteiger partial charge is 0.478 e. The summed E-state index contributed by atoms with van der Waals surface area (Å²) in [6.07, 6.45) is 0. The van der Waals surface area contributed by atoms with Gasteiger partial charge in [-0.1, -0.05) is 15.9 Å². The highest BCUT2D eigenvalue weighted by Gasteiger charge is 2.13. The first kappa shape index (κ1) is 9.01. The molecule has 0 fully saturated rings. The minimum Gasteiger partial charge on any atom is -0.478 e. The fourth-order valence-electron chi connectivity index (χ4n) is 1.31. The van der Waals surface area contributed by atoms with E-state index in [4.69, 9.17) is 5.11 Å². The molecular formula is C8H5BrN2O3. The summed E-state index contributed by atoms with van der Waals surface area (Å²) in [4.78, 5) is 22.1. The maximum atomic E-state index is 11.2. The zero-order valence-corrected chi connectivity index (χ0v) is 8.38. The van der Waals surface area contributed by atoms with E-state index in [0.717, 1.165) is 0 Å². The highest BCUT2D eigenvalue weighted by atomic mass is 79.9. The Morgan fingerprint density at radius 1 is 1.36 bits per heavy atom. The summed E-state index contributed by atoms with van der Waals surface area (Å²) in [6, 6.07) is 3.04. The fourth-order valence-corrected chi connectivity index (χ4v) is 1.76. The van der Waals surface area contributed by atoms with Gasteiger partial charge in [-0.2, -0.15) is 0 Å². The van der Waals surface area contributed by atoms with Crippen LogP contribution in [0.25, 0.3) is 10.9 Å². The van der Waals surface area contributed by atoms with E-state index < -0.39 is 11.5 Å². The summed E-state index contributed by atoms with van der Waals surface area (Å²) in [7, 11) is 0. The molecule has 14 heavy (non-hydrogen) atoms. The second-order valence-electron chi connectivity index (χ2n) is 2.76. The summed E-state index contributed by atoms with van der Waals surface area (Å²) in [5.41, 5.74) is 0.0311. The van der Waals surface area contributed by atoms with Crippen molar-refractivity contribution in [3.8, 4) is 0 Å². The van der Waals surface area contributed by atoms with Crippen molar-refractivity contribution < 1.29 is 9.90 Å². The molecule has 6 heteroatoms. The van der Waals surface area contributed by atoms with Crippen LogP contribution in [0.1, 0.15) is 10.4 Å². The van der Waals surface area contributed by atoms with Crippen molar-refractivity contribution in [1.29, 1.82) is 0 Å². The average molecular weight is 257 g/mol. The lowest BCUT2D eigenvalue weighted by atomic mass is 10.1. The third-order valence-corrected chi connectivity index (χ3v) is 2.33. The zero-order valence-electron chi connectivity index (χ0n) is 6.80. The minimum atomic E-state index is -1.12. The molecule has 0 aliphatic heterocycles. The number of halogens is 1. The van der Waals surface area contributed by atoms with Gasteiger partial charge in [0.25, 0.3) is 5.56 Å². The van der Waals surface area contributed by atoms with E-state index in [9.17, 15) is 9.59 Å². The summed E-state index contributed by atoms with van der Waals surface area (Å²) in [5.74, 6) is -1.12. The lowest BCUT2D eigenvalue weighted by Gasteiger charge is -1.96. The Balaban J connectivity index is 2.98. The number of carboxylic acids is 1. The molecule has 0 radical (unpaired) electrons. The molecule has 0 bridgehead atoms. The Labute approximate surface area is 85.9 Å². The SMILES string of the molecule is O=C(O)c1cc(Br)cc2[nH][nH]c(=O)c12. The topological polar surface area (TPSA) is 85.9 Å². The number of hydrogen-bond acceptors (Lipinski definition) is 2. The van der Waals surface area contributed by atoms with Gasteiger partial charge in [0.15, 0.2) is 0 Å². The number of rotatable bonds is 1. The molecule has 0 aliphatic carbocycles. The van der Waals surface area contributed by atoms with E-state index in [1.807, 2.05) is 0 Å². The highest BCUT2D eigenvalue weighted by molar-refractivity contribution is 9.10. The molecule has 2 rings (SSSR count). The Kier molecular flexibility index (Phi) is 1.92. The third-order valence-electron chi connectivity index (χ3n) is 1.87. The first-order chi connectivity index (χ1) is 6.59. The van der Waals surface area contributed by atoms with Crippen molar-refractivity contribution in [2.75, 3.05) is 0 Å². The molecule has 0 saturated carbocycles. The maximum Gasteiger partial charge on any atom is 0.336 e. The van der Waals surface area contributed by atoms with Crippen LogP contribution in [0, 0.1) is 0 Å². The molecule has 0 saturated heterocycles. The molecule has 72 valence electrons. The van der Waals surface area contributed by atoms with Gasteiger partial charge in [0.05, 0.1) is 16.5 Å². The van der Waals surface area contributed by atoms with Crippen molar-refractivity contribution >= 4 is 32.8 Å². The smallest absolute Gasteiger partial charge is 0.336 e. The first-order valence-electron chi connectivity index (χ1n) is 3.73. The van der Waals surface area contributed by atoms with Crippen molar-refractivity contribution in [2.24, 2.45) is 0 Å². The van der Waals surface area contributed by atoms with Gasteiger partial charge in [0, 0.05) is 4.47 Å². The Morgan fingerprint density at radius 2 is 2.07 bits per heavy atom. The van der Waals surface area contributed by atoms with E-state index in [1.165, 1.54) is 6.07 Å². The van der Waals surface area contributed by atoms with Crippen LogP contribution in [0.15, 0.2) is 21.4 Å². The van der Waals surface area contributed by atoms with Crippen molar-refractivity contribution in [3.63, 3.8) is 0 Å². The Bertz CT molecular complexity index is 569. The molecule has 0 atom stereocenters. The van der Waals surface area contributed by atoms with E-state index in [0.29, 0.717) is 9.99 Å². The standard InChI is InChI=1S/C8H5BrN2O3/c9-3-1-4(8(13)14)6-5(2-3)10-11-7(6)12/h1-2H,(H,13,14)(H2,10,11,12). The monoisotopic (exact) mass is 256 g/mol. The minimum absolute atomic E-state index is 0.0168. The molecule has 0 unspecified atom stereocenters. The van der Waals surface area contributed by atoms with Gasteiger partial charge in [0.1, 0.15) is 0 Å². The number of fused-ring (bicyclic) bond motifs is 1. The molecular weight excluding hydrogens is 252 g/mol. The average Bonchev–Trinajstić information content (AvgIpc) is 2.46. The molecule has 0 spiro atoms. The number of carboxylic acid groups (broad SMARTS) is 1. The number of H-pyrrole nitrogens is 2. The van der Waals surface area contributed by atoms with Gasteiger partial charge in [-0.25, -0.2) is 4.79 Å². The normalized spacial score (nSPS) is 10.6. The lowest BCUT2D eigenvalue weighted by Crippen LogP contribution is -2.05. The third kappa shape index (κ3) is 1.24. The van der Waals surface area contributed by atoms with Crippen LogP contribution < -0.4 is 5.56 Å². The summed E-state index contributed by atoms with van der Waals surface area (Å²) in [5, 5.41) is 14.0. The van der Waals surface area contributed by atoms with E-state index in [2.05, 4.69) is 26.1 Å². The summed E-state index contributed by atoms with van der Waals surface area (Å²) < 4.78 is 0.609. The molecule has 1 aromatic heterocycles. The van der Waals surface area contributed by atoms with Gasteiger partial charge in [0.2, 0.25) is 0 Å². The quantitative estimate of drug-likeness (QED) is 0.720. The number of nitrogens with one attached hydrogen (secondary N) is 2. The first-order valence-corrected chi connectivity index (χ1v) is 4.52. The van der Waals surface area contributed by atoms with Crippen LogP contribution in [-0.2, 0) is 0 Å². The lowest BCUT2D eigenvalue weighted by molar-refractivity contribution is 0.0699. The van der Waals surface area contributed by atoms with Crippen molar-refractivity contribution in [3.05, 3.63) is 32.5 Å². The molecule has 5 nitrogen and oxygen atoms in total. The van der Waals surface area contributed by atoms with Gasteiger partial charge < -0.3 is 5.11 Å². The van der Waals surface area contributed by atoms with E-state index >= 15 is 0 Å². The van der Waals surface area contributed by atoms with Crippen molar-refractivity contribution in [1.82, 2.24) is 10.2 Å². The molecule has 0 amide bonds. The second-order valence-corrected chi connectivity index (χ2v) is 3.68. The van der Waals surface area contributed by atoms with E-state index in [-0.39, 0.29) is 10.9 Å². The summed E-state index contributed by atoms with van der Waals surface area (Å²) in [6.45, 7) is 0. The molecule has 1 heterocycles. The van der Waals surface area contributed by atoms with Crippen molar-refractivity contribution in [2.45, 2.75) is 0 Å². The van der Waals surface area contributed by atoms with Crippen LogP contribution in [0.3, 0.4) is 0 Å². The van der Waals surface area contributed by atoms with Crippen LogP contribution in [0.2, 0.25) is 0 Å². The second kappa shape index (κ2) is 2.98. The maximum absolute atomic E-state index is 11.2. The molecule has 3 N–H and O–H groups in total. The molecule has 2 aromatic rings. The van der Waals surface area contributed by atoms with Crippen LogP contribution in [0.4, 0.5) is 0 Å². The zero-order chi connectivity index (χ0) is 10.3. The van der Waals surface area contributed by atoms with Gasteiger partial charge >= 0.3 is 5.97 Å². The van der Waals surface area contributed by atoms with Gasteiger partial charge in [-0.05, 0) is 12.1 Å². The fraction of sp³-hybridized carbons (Fsp3) is 0. The van der Waals surface area contributed by atoms with Crippen LogP contribution in [-0.4, -0.2) is 21.3 Å². The number of aromatic carboxylic acids is 1. The molecule has 1 aromatic carbocycles. The van der Waals surface area contributed by atoms with Crippen LogP contribution in [0.5, 0.6) is 0 Å². The highest BCUT2D eigenvalue weighted by Crippen LogP contribution is 2.20. The number of aromatic amines is 2. The van der Waals surface area contributed by atoms with Gasteiger partial charge in [-0.15, -0.1) is 0 Å². The van der Waals surface area contributed by atoms with Crippen LogP contribution >= 0.6 is 15.9 Å². The number of aromatic nitrogens is 2.